The van der Waals surface area contributed by atoms with Crippen molar-refractivity contribution in [2.24, 2.45) is 0 Å². The largest absolute Gasteiger partial charge is 0.870 e. The molecular formula is C10H25NO. The first-order chi connectivity index (χ1) is 5.06. The predicted molar refractivity (Wildman–Crippen MR) is 53.6 cm³/mol. The highest BCUT2D eigenvalue weighted by atomic mass is 16.0. The Morgan fingerprint density at radius 1 is 0.833 bits per heavy atom. The summed E-state index contributed by atoms with van der Waals surface area (Å²) in [6, 6.07) is 0. The fourth-order valence-electron chi connectivity index (χ4n) is 1.19. The van der Waals surface area contributed by atoms with Crippen LogP contribution in [0.3, 0.4) is 0 Å². The number of unbranched alkanes of at least 4 members (excludes halogenated alkanes) is 4. The molecule has 0 saturated carbocycles. The van der Waals surface area contributed by atoms with E-state index in [9.17, 15) is 0 Å². The Hall–Kier alpha value is -0.0800. The zero-order valence-corrected chi connectivity index (χ0v) is 9.14. The second-order valence-corrected chi connectivity index (χ2v) is 4.43. The quantitative estimate of drug-likeness (QED) is 0.450. The van der Waals surface area contributed by atoms with E-state index < -0.39 is 0 Å². The maximum atomic E-state index is 2.26. The molecule has 0 saturated heterocycles. The van der Waals surface area contributed by atoms with E-state index in [2.05, 4.69) is 28.1 Å². The average molecular weight is 175 g/mol. The first-order valence-corrected chi connectivity index (χ1v) is 4.86. The molecule has 0 aromatic heterocycles. The molecule has 0 aliphatic heterocycles. The smallest absolute Gasteiger partial charge is 0.0780 e. The lowest BCUT2D eigenvalue weighted by Gasteiger charge is -2.23. The van der Waals surface area contributed by atoms with Crippen LogP contribution < -0.4 is 0 Å². The van der Waals surface area contributed by atoms with Gasteiger partial charge in [0.1, 0.15) is 0 Å². The number of hydrogen-bond donors (Lipinski definition) is 0. The standard InChI is InChI=1S/C10H24N.H2O/c1-5-6-7-8-9-10-11(2,3)4;/h5-10H2,1-4H3;1H2/q+1;/p-1. The van der Waals surface area contributed by atoms with Crippen LogP contribution >= 0.6 is 0 Å². The van der Waals surface area contributed by atoms with E-state index in [1.54, 1.807) is 0 Å². The number of nitrogens with zero attached hydrogens (tertiary/aromatic N) is 1. The molecular weight excluding hydrogens is 150 g/mol. The summed E-state index contributed by atoms with van der Waals surface area (Å²) in [5.74, 6) is 0. The van der Waals surface area contributed by atoms with E-state index >= 15 is 0 Å². The number of quaternary nitrogens is 1. The summed E-state index contributed by atoms with van der Waals surface area (Å²) in [6.45, 7) is 3.59. The maximum absolute atomic E-state index is 2.26. The third-order valence-corrected chi connectivity index (χ3v) is 1.93. The zero-order valence-electron chi connectivity index (χ0n) is 9.14. The second kappa shape index (κ2) is 7.56. The first kappa shape index (κ1) is 14.4. The minimum Gasteiger partial charge on any atom is -0.870 e. The summed E-state index contributed by atoms with van der Waals surface area (Å²) in [6.07, 6.45) is 7.00. The van der Waals surface area contributed by atoms with Crippen LogP contribution in [0, 0.1) is 0 Å². The Morgan fingerprint density at radius 3 is 1.75 bits per heavy atom. The zero-order chi connectivity index (χ0) is 8.74. The molecule has 0 fully saturated rings. The molecule has 0 atom stereocenters. The van der Waals surface area contributed by atoms with Crippen molar-refractivity contribution >= 4 is 0 Å². The van der Waals surface area contributed by atoms with Gasteiger partial charge in [0.05, 0.1) is 27.7 Å². The summed E-state index contributed by atoms with van der Waals surface area (Å²) >= 11 is 0. The Balaban J connectivity index is 0. The van der Waals surface area contributed by atoms with Crippen LogP contribution in [0.2, 0.25) is 0 Å². The van der Waals surface area contributed by atoms with Crippen LogP contribution in [0.15, 0.2) is 0 Å². The monoisotopic (exact) mass is 175 g/mol. The third-order valence-electron chi connectivity index (χ3n) is 1.93. The molecule has 0 unspecified atom stereocenters. The minimum atomic E-state index is 0. The van der Waals surface area contributed by atoms with E-state index in [0.29, 0.717) is 0 Å². The van der Waals surface area contributed by atoms with Crippen molar-refractivity contribution in [2.75, 3.05) is 27.7 Å². The van der Waals surface area contributed by atoms with Gasteiger partial charge in [-0.3, -0.25) is 0 Å². The molecule has 76 valence electrons. The molecule has 0 spiro atoms. The van der Waals surface area contributed by atoms with Crippen LogP contribution in [-0.4, -0.2) is 37.6 Å². The van der Waals surface area contributed by atoms with Gasteiger partial charge in [-0.25, -0.2) is 0 Å². The Morgan fingerprint density at radius 2 is 1.33 bits per heavy atom. The molecule has 0 radical (unpaired) electrons. The Kier molecular flexibility index (Phi) is 9.10. The molecule has 0 rings (SSSR count). The van der Waals surface area contributed by atoms with Crippen molar-refractivity contribution in [3.05, 3.63) is 0 Å². The molecule has 0 heterocycles. The Labute approximate surface area is 77.5 Å². The molecule has 2 heteroatoms. The highest BCUT2D eigenvalue weighted by molar-refractivity contribution is 4.40. The summed E-state index contributed by atoms with van der Waals surface area (Å²) in [7, 11) is 6.79. The normalized spacial score (nSPS) is 11.0. The molecule has 12 heavy (non-hydrogen) atoms. The molecule has 0 aliphatic rings. The number of hydrogen-bond acceptors (Lipinski definition) is 1. The van der Waals surface area contributed by atoms with Gasteiger partial charge in [0.2, 0.25) is 0 Å². The average Bonchev–Trinajstić information content (AvgIpc) is 1.85. The van der Waals surface area contributed by atoms with E-state index in [0.717, 1.165) is 4.48 Å². The van der Waals surface area contributed by atoms with Crippen LogP contribution in [0.25, 0.3) is 0 Å². The van der Waals surface area contributed by atoms with Crippen molar-refractivity contribution in [1.29, 1.82) is 0 Å². The highest BCUT2D eigenvalue weighted by Gasteiger charge is 2.04. The van der Waals surface area contributed by atoms with Gasteiger partial charge in [-0.2, -0.15) is 0 Å². The lowest BCUT2D eigenvalue weighted by molar-refractivity contribution is -0.870. The predicted octanol–water partition coefficient (Wildman–Crippen LogP) is 2.49. The molecule has 0 aliphatic carbocycles. The molecule has 0 aromatic carbocycles. The minimum absolute atomic E-state index is 0. The molecule has 0 aromatic rings. The molecule has 2 nitrogen and oxygen atoms in total. The van der Waals surface area contributed by atoms with E-state index in [4.69, 9.17) is 0 Å². The van der Waals surface area contributed by atoms with Crippen molar-refractivity contribution in [3.8, 4) is 0 Å². The fraction of sp³-hybridized carbons (Fsp3) is 1.00. The van der Waals surface area contributed by atoms with Crippen molar-refractivity contribution in [1.82, 2.24) is 0 Å². The summed E-state index contributed by atoms with van der Waals surface area (Å²) in [4.78, 5) is 0. The van der Waals surface area contributed by atoms with Crippen molar-refractivity contribution < 1.29 is 9.96 Å². The van der Waals surface area contributed by atoms with Gasteiger partial charge in [-0.15, -0.1) is 0 Å². The van der Waals surface area contributed by atoms with Gasteiger partial charge in [0.15, 0.2) is 0 Å². The SMILES string of the molecule is CCCCCCC[N+](C)(C)C.[OH-]. The van der Waals surface area contributed by atoms with Crippen molar-refractivity contribution in [2.45, 2.75) is 39.0 Å². The molecule has 0 amide bonds. The number of rotatable bonds is 6. The summed E-state index contributed by atoms with van der Waals surface area (Å²) in [5.41, 5.74) is 0. The van der Waals surface area contributed by atoms with Gasteiger partial charge < -0.3 is 9.96 Å². The van der Waals surface area contributed by atoms with Gasteiger partial charge in [-0.1, -0.05) is 26.2 Å². The fourth-order valence-corrected chi connectivity index (χ4v) is 1.19. The summed E-state index contributed by atoms with van der Waals surface area (Å²) < 4.78 is 1.12. The third kappa shape index (κ3) is 12.6. The van der Waals surface area contributed by atoms with Gasteiger partial charge >= 0.3 is 0 Å². The lowest BCUT2D eigenvalue weighted by Crippen LogP contribution is -2.35. The van der Waals surface area contributed by atoms with Crippen LogP contribution in [0.5, 0.6) is 0 Å². The first-order valence-electron chi connectivity index (χ1n) is 4.86. The van der Waals surface area contributed by atoms with Crippen LogP contribution in [0.1, 0.15) is 39.0 Å². The molecule has 0 bridgehead atoms. The molecule has 1 N–H and O–H groups in total. The van der Waals surface area contributed by atoms with E-state index in [1.165, 1.54) is 38.6 Å². The Bertz CT molecular complexity index is 86.3. The topological polar surface area (TPSA) is 30.0 Å². The van der Waals surface area contributed by atoms with Crippen LogP contribution in [0.4, 0.5) is 0 Å². The highest BCUT2D eigenvalue weighted by Crippen LogP contribution is 2.04. The van der Waals surface area contributed by atoms with Gasteiger partial charge in [0, 0.05) is 0 Å². The lowest BCUT2D eigenvalue weighted by atomic mass is 10.1. The second-order valence-electron chi connectivity index (χ2n) is 4.43. The van der Waals surface area contributed by atoms with Gasteiger partial charge in [0.25, 0.3) is 0 Å². The van der Waals surface area contributed by atoms with E-state index in [-0.39, 0.29) is 5.48 Å². The van der Waals surface area contributed by atoms with Crippen LogP contribution in [-0.2, 0) is 0 Å². The maximum Gasteiger partial charge on any atom is 0.0780 e. The summed E-state index contributed by atoms with van der Waals surface area (Å²) in [5, 5.41) is 0. The van der Waals surface area contributed by atoms with E-state index in [1.807, 2.05) is 0 Å². The van der Waals surface area contributed by atoms with Gasteiger partial charge in [-0.05, 0) is 12.8 Å². The van der Waals surface area contributed by atoms with Crippen molar-refractivity contribution in [3.63, 3.8) is 0 Å².